The van der Waals surface area contributed by atoms with E-state index in [0.29, 0.717) is 0 Å². The topological polar surface area (TPSA) is 73.1 Å². The number of hydrogen-bond acceptors (Lipinski definition) is 4. The lowest BCUT2D eigenvalue weighted by molar-refractivity contribution is -0.389. The molecule has 13 heavy (non-hydrogen) atoms. The highest BCUT2D eigenvalue weighted by molar-refractivity contribution is 9.10. The molecule has 0 aliphatic rings. The number of halogens is 2. The Labute approximate surface area is 86.0 Å². The molecule has 1 aromatic rings. The Morgan fingerprint density at radius 2 is 2.31 bits per heavy atom. The third-order valence-electron chi connectivity index (χ3n) is 1.24. The monoisotopic (exact) mass is 264 g/mol. The third-order valence-corrected chi connectivity index (χ3v) is 2.10. The SMILES string of the molecule is O=C(Cl)c1cnc([N+](=O)[O-])cc1Br. The van der Waals surface area contributed by atoms with Crippen molar-refractivity contribution in [2.24, 2.45) is 0 Å². The fourth-order valence-corrected chi connectivity index (χ4v) is 1.42. The van der Waals surface area contributed by atoms with Crippen molar-refractivity contribution < 1.29 is 9.72 Å². The van der Waals surface area contributed by atoms with E-state index in [2.05, 4.69) is 20.9 Å². The maximum Gasteiger partial charge on any atom is 0.364 e. The summed E-state index contributed by atoms with van der Waals surface area (Å²) < 4.78 is 0.259. The van der Waals surface area contributed by atoms with Gasteiger partial charge in [-0.2, -0.15) is 0 Å². The van der Waals surface area contributed by atoms with Gasteiger partial charge in [-0.15, -0.1) is 0 Å². The highest BCUT2D eigenvalue weighted by Crippen LogP contribution is 2.21. The second-order valence-corrected chi connectivity index (χ2v) is 3.25. The molecule has 0 aromatic carbocycles. The number of aromatic nitrogens is 1. The molecule has 0 N–H and O–H groups in total. The number of rotatable bonds is 2. The molecule has 68 valence electrons. The summed E-state index contributed by atoms with van der Waals surface area (Å²) in [5, 5.41) is 9.52. The van der Waals surface area contributed by atoms with Crippen LogP contribution in [0.1, 0.15) is 10.4 Å². The second kappa shape index (κ2) is 3.80. The van der Waals surface area contributed by atoms with Gasteiger partial charge < -0.3 is 10.1 Å². The number of nitro groups is 1. The zero-order valence-electron chi connectivity index (χ0n) is 6.03. The Balaban J connectivity index is 3.20. The van der Waals surface area contributed by atoms with Gasteiger partial charge in [-0.25, -0.2) is 0 Å². The van der Waals surface area contributed by atoms with Gasteiger partial charge in [0.05, 0.1) is 11.6 Å². The van der Waals surface area contributed by atoms with Crippen LogP contribution in [0.15, 0.2) is 16.7 Å². The van der Waals surface area contributed by atoms with Crippen LogP contribution in [-0.4, -0.2) is 15.1 Å². The maximum absolute atomic E-state index is 10.7. The standard InChI is InChI=1S/C6H2BrClN2O3/c7-4-1-5(10(12)13)9-2-3(4)6(8)11/h1-2H. The van der Waals surface area contributed by atoms with E-state index in [9.17, 15) is 14.9 Å². The lowest BCUT2D eigenvalue weighted by Crippen LogP contribution is -1.96. The molecular formula is C6H2BrClN2O3. The molecule has 0 aliphatic heterocycles. The summed E-state index contributed by atoms with van der Waals surface area (Å²) in [7, 11) is 0. The van der Waals surface area contributed by atoms with Crippen LogP contribution in [-0.2, 0) is 0 Å². The lowest BCUT2D eigenvalue weighted by Gasteiger charge is -1.95. The summed E-state index contributed by atoms with van der Waals surface area (Å²) in [6, 6.07) is 1.12. The van der Waals surface area contributed by atoms with Crippen LogP contribution >= 0.6 is 27.5 Å². The number of carbonyl (C=O) groups is 1. The molecule has 0 fully saturated rings. The molecule has 0 aliphatic carbocycles. The van der Waals surface area contributed by atoms with E-state index >= 15 is 0 Å². The molecule has 0 radical (unpaired) electrons. The first-order valence-corrected chi connectivity index (χ1v) is 4.19. The van der Waals surface area contributed by atoms with Crippen LogP contribution in [0.3, 0.4) is 0 Å². The summed E-state index contributed by atoms with van der Waals surface area (Å²) in [5.41, 5.74) is 0.104. The summed E-state index contributed by atoms with van der Waals surface area (Å²) in [6.45, 7) is 0. The minimum absolute atomic E-state index is 0.104. The number of hydrogen-bond donors (Lipinski definition) is 0. The predicted molar refractivity (Wildman–Crippen MR) is 48.8 cm³/mol. The van der Waals surface area contributed by atoms with Crippen molar-refractivity contribution in [3.8, 4) is 0 Å². The molecular weight excluding hydrogens is 263 g/mol. The molecule has 7 heteroatoms. The fourth-order valence-electron chi connectivity index (χ4n) is 0.665. The highest BCUT2D eigenvalue weighted by Gasteiger charge is 2.15. The summed E-state index contributed by atoms with van der Waals surface area (Å²) >= 11 is 8.13. The summed E-state index contributed by atoms with van der Waals surface area (Å²) in [6.07, 6.45) is 1.05. The van der Waals surface area contributed by atoms with E-state index in [1.54, 1.807) is 0 Å². The Morgan fingerprint density at radius 1 is 1.69 bits per heavy atom. The van der Waals surface area contributed by atoms with Gasteiger partial charge in [-0.05, 0) is 37.4 Å². The van der Waals surface area contributed by atoms with Crippen molar-refractivity contribution >= 4 is 38.6 Å². The fraction of sp³-hybridized carbons (Fsp3) is 0. The van der Waals surface area contributed by atoms with E-state index in [1.165, 1.54) is 0 Å². The van der Waals surface area contributed by atoms with Crippen LogP contribution in [0.25, 0.3) is 0 Å². The van der Waals surface area contributed by atoms with Crippen LogP contribution in [0, 0.1) is 10.1 Å². The average molecular weight is 265 g/mol. The van der Waals surface area contributed by atoms with Crippen molar-refractivity contribution in [1.82, 2.24) is 4.98 Å². The normalized spacial score (nSPS) is 9.69. The van der Waals surface area contributed by atoms with Crippen molar-refractivity contribution in [3.63, 3.8) is 0 Å². The largest absolute Gasteiger partial charge is 0.364 e. The quantitative estimate of drug-likeness (QED) is 0.466. The van der Waals surface area contributed by atoms with Crippen LogP contribution in [0.2, 0.25) is 0 Å². The molecule has 0 bridgehead atoms. The summed E-state index contributed by atoms with van der Waals surface area (Å²) in [4.78, 5) is 23.7. The maximum atomic E-state index is 10.7. The van der Waals surface area contributed by atoms with Gasteiger partial charge in [0.25, 0.3) is 5.24 Å². The first-order valence-electron chi connectivity index (χ1n) is 3.02. The Hall–Kier alpha value is -1.01. The molecule has 0 saturated heterocycles. The molecule has 1 aromatic heterocycles. The van der Waals surface area contributed by atoms with Gasteiger partial charge in [0, 0.05) is 4.47 Å². The third kappa shape index (κ3) is 2.22. The van der Waals surface area contributed by atoms with Crippen molar-refractivity contribution in [2.75, 3.05) is 0 Å². The van der Waals surface area contributed by atoms with Crippen LogP contribution < -0.4 is 0 Å². The van der Waals surface area contributed by atoms with Gasteiger partial charge in [0.1, 0.15) is 0 Å². The minimum atomic E-state index is -0.714. The van der Waals surface area contributed by atoms with E-state index < -0.39 is 10.2 Å². The van der Waals surface area contributed by atoms with Crippen LogP contribution in [0.4, 0.5) is 5.82 Å². The molecule has 0 amide bonds. The minimum Gasteiger partial charge on any atom is -0.358 e. The van der Waals surface area contributed by atoms with Gasteiger partial charge in [-0.1, -0.05) is 0 Å². The Morgan fingerprint density at radius 3 is 2.69 bits per heavy atom. The van der Waals surface area contributed by atoms with Crippen molar-refractivity contribution in [1.29, 1.82) is 0 Å². The zero-order valence-corrected chi connectivity index (χ0v) is 8.37. The average Bonchev–Trinajstić information content (AvgIpc) is 2.03. The number of carbonyl (C=O) groups excluding carboxylic acids is 1. The smallest absolute Gasteiger partial charge is 0.358 e. The van der Waals surface area contributed by atoms with Crippen molar-refractivity contribution in [2.45, 2.75) is 0 Å². The van der Waals surface area contributed by atoms with E-state index in [4.69, 9.17) is 11.6 Å². The van der Waals surface area contributed by atoms with Gasteiger partial charge in [0.2, 0.25) is 0 Å². The molecule has 0 unspecified atom stereocenters. The second-order valence-electron chi connectivity index (χ2n) is 2.05. The van der Waals surface area contributed by atoms with Gasteiger partial charge in [-0.3, -0.25) is 4.79 Å². The van der Waals surface area contributed by atoms with Gasteiger partial charge in [0.15, 0.2) is 6.20 Å². The molecule has 5 nitrogen and oxygen atoms in total. The predicted octanol–water partition coefficient (Wildman–Crippen LogP) is 2.13. The molecule has 0 atom stereocenters. The van der Waals surface area contributed by atoms with Crippen LogP contribution in [0.5, 0.6) is 0 Å². The zero-order chi connectivity index (χ0) is 10.0. The summed E-state index contributed by atoms with van der Waals surface area (Å²) in [5.74, 6) is -0.339. The highest BCUT2D eigenvalue weighted by atomic mass is 79.9. The first kappa shape index (κ1) is 10.1. The molecule has 0 spiro atoms. The molecule has 1 rings (SSSR count). The number of pyridine rings is 1. The van der Waals surface area contributed by atoms with Crippen molar-refractivity contribution in [3.05, 3.63) is 32.4 Å². The van der Waals surface area contributed by atoms with Gasteiger partial charge >= 0.3 is 5.82 Å². The van der Waals surface area contributed by atoms with E-state index in [0.717, 1.165) is 12.3 Å². The molecule has 0 saturated carbocycles. The molecule has 1 heterocycles. The Kier molecular flexibility index (Phi) is 2.94. The Bertz CT molecular complexity index is 382. The van der Waals surface area contributed by atoms with E-state index in [-0.39, 0.29) is 15.9 Å². The van der Waals surface area contributed by atoms with E-state index in [1.807, 2.05) is 0 Å². The number of nitrogens with zero attached hydrogens (tertiary/aromatic N) is 2. The lowest BCUT2D eigenvalue weighted by atomic mass is 10.3. The first-order chi connectivity index (χ1) is 6.02.